The number of thioether (sulfide) groups is 1. The number of carbonyl (C=O) groups excluding carboxylic acids is 2. The van der Waals surface area contributed by atoms with Crippen molar-refractivity contribution < 1.29 is 24.6 Å². The number of likely N-dealkylation sites (tertiary alicyclic amines) is 1. The number of carboxylic acid groups (broad SMARTS) is 1. The number of hydrogen-bond donors (Lipinski definition) is 2. The van der Waals surface area contributed by atoms with Gasteiger partial charge in [0.15, 0.2) is 0 Å². The van der Waals surface area contributed by atoms with Gasteiger partial charge in [-0.15, -0.1) is 11.8 Å². The first-order valence-electron chi connectivity index (χ1n) is 8.14. The average Bonchev–Trinajstić information content (AvgIpc) is 3.03. The zero-order chi connectivity index (χ0) is 17.8. The van der Waals surface area contributed by atoms with Crippen LogP contribution in [-0.2, 0) is 14.4 Å². The number of carbonyl (C=O) groups is 3. The number of aliphatic hydroxyl groups excluding tert-OH is 1. The summed E-state index contributed by atoms with van der Waals surface area (Å²) in [5, 5.41) is 19.6. The van der Waals surface area contributed by atoms with Crippen molar-refractivity contribution in [3.8, 4) is 0 Å². The predicted molar refractivity (Wildman–Crippen MR) is 87.9 cm³/mol. The van der Waals surface area contributed by atoms with E-state index in [1.54, 1.807) is 11.8 Å². The fraction of sp³-hybridized carbons (Fsp3) is 0.688. The first-order chi connectivity index (χ1) is 11.2. The van der Waals surface area contributed by atoms with Gasteiger partial charge in [-0.25, -0.2) is 4.79 Å². The van der Waals surface area contributed by atoms with Crippen LogP contribution in [0.5, 0.6) is 0 Å². The molecule has 3 rings (SSSR count). The van der Waals surface area contributed by atoms with Gasteiger partial charge in [0.1, 0.15) is 5.70 Å². The van der Waals surface area contributed by atoms with Gasteiger partial charge in [0.05, 0.1) is 18.1 Å². The highest BCUT2D eigenvalue weighted by atomic mass is 32.2. The molecular weight excluding hydrogens is 332 g/mol. The van der Waals surface area contributed by atoms with Crippen LogP contribution in [0.25, 0.3) is 0 Å². The van der Waals surface area contributed by atoms with Crippen molar-refractivity contribution in [2.45, 2.75) is 44.6 Å². The highest BCUT2D eigenvalue weighted by molar-refractivity contribution is 8.03. The lowest BCUT2D eigenvalue weighted by Gasteiger charge is -2.46. The van der Waals surface area contributed by atoms with Crippen molar-refractivity contribution in [2.24, 2.45) is 11.8 Å². The second kappa shape index (κ2) is 6.07. The van der Waals surface area contributed by atoms with E-state index < -0.39 is 18.0 Å². The van der Waals surface area contributed by atoms with E-state index in [1.165, 1.54) is 23.6 Å². The second-order valence-corrected chi connectivity index (χ2v) is 8.11. The molecule has 3 heterocycles. The van der Waals surface area contributed by atoms with Gasteiger partial charge in [-0.3, -0.25) is 9.59 Å². The molecule has 8 heteroatoms. The lowest BCUT2D eigenvalue weighted by Crippen LogP contribution is -2.63. The van der Waals surface area contributed by atoms with Gasteiger partial charge in [0.25, 0.3) is 0 Å². The molecule has 0 aliphatic carbocycles. The third-order valence-electron chi connectivity index (χ3n) is 5.20. The number of carboxylic acids is 1. The highest BCUT2D eigenvalue weighted by Crippen LogP contribution is 2.51. The normalized spacial score (nSPS) is 33.6. The number of rotatable bonds is 4. The number of hydrogen-bond acceptors (Lipinski definition) is 5. The van der Waals surface area contributed by atoms with Crippen LogP contribution in [-0.4, -0.2) is 68.3 Å². The van der Waals surface area contributed by atoms with Crippen LogP contribution >= 0.6 is 11.8 Å². The smallest absolute Gasteiger partial charge is 0.353 e. The van der Waals surface area contributed by atoms with Crippen molar-refractivity contribution in [1.82, 2.24) is 9.80 Å². The molecule has 4 unspecified atom stereocenters. The Morgan fingerprint density at radius 2 is 2.04 bits per heavy atom. The molecule has 0 aromatic heterocycles. The molecule has 0 bridgehead atoms. The minimum atomic E-state index is -1.11. The fourth-order valence-electron chi connectivity index (χ4n) is 3.97. The molecule has 0 radical (unpaired) electrons. The summed E-state index contributed by atoms with van der Waals surface area (Å²) in [6.45, 7) is 6.29. The van der Waals surface area contributed by atoms with E-state index >= 15 is 0 Å². The zero-order valence-corrected chi connectivity index (χ0v) is 14.7. The molecule has 132 valence electrons. The highest BCUT2D eigenvalue weighted by Gasteiger charge is 2.60. The largest absolute Gasteiger partial charge is 0.477 e. The van der Waals surface area contributed by atoms with E-state index in [1.807, 2.05) is 6.92 Å². The van der Waals surface area contributed by atoms with Crippen LogP contribution in [0.4, 0.5) is 0 Å². The van der Waals surface area contributed by atoms with E-state index in [9.17, 15) is 24.6 Å². The van der Waals surface area contributed by atoms with Gasteiger partial charge in [0, 0.05) is 36.1 Å². The van der Waals surface area contributed by atoms with Crippen LogP contribution in [0.3, 0.4) is 0 Å². The van der Waals surface area contributed by atoms with Crippen LogP contribution in [0, 0.1) is 11.8 Å². The summed E-state index contributed by atoms with van der Waals surface area (Å²) in [7, 11) is 0. The van der Waals surface area contributed by atoms with Crippen LogP contribution < -0.4 is 0 Å². The van der Waals surface area contributed by atoms with Crippen molar-refractivity contribution in [3.05, 3.63) is 10.6 Å². The lowest BCUT2D eigenvalue weighted by atomic mass is 9.79. The third kappa shape index (κ3) is 2.52. The molecule has 2 fully saturated rings. The summed E-state index contributed by atoms with van der Waals surface area (Å²) in [6.07, 6.45) is 0.0199. The van der Waals surface area contributed by atoms with Crippen molar-refractivity contribution in [2.75, 3.05) is 13.1 Å². The minimum Gasteiger partial charge on any atom is -0.477 e. The van der Waals surface area contributed by atoms with Crippen LogP contribution in [0.15, 0.2) is 10.6 Å². The SMILES string of the molecule is CC(=O)N1CCC(SC2=C(C(=O)O)N3C(=O)C(C(C)O)[C@H]3C2C)C1. The molecule has 2 amide bonds. The summed E-state index contributed by atoms with van der Waals surface area (Å²) < 4.78 is 0. The molecule has 0 saturated carbocycles. The van der Waals surface area contributed by atoms with Gasteiger partial charge >= 0.3 is 5.97 Å². The summed E-state index contributed by atoms with van der Waals surface area (Å²) in [5.41, 5.74) is 0.0562. The molecule has 0 aromatic carbocycles. The first-order valence-corrected chi connectivity index (χ1v) is 9.02. The quantitative estimate of drug-likeness (QED) is 0.713. The molecule has 0 aromatic rings. The number of aliphatic hydroxyl groups is 1. The summed E-state index contributed by atoms with van der Waals surface area (Å²) in [4.78, 5) is 39.3. The van der Waals surface area contributed by atoms with Gasteiger partial charge < -0.3 is 20.0 Å². The Hall–Kier alpha value is -1.54. The molecule has 0 spiro atoms. The molecule has 3 aliphatic heterocycles. The fourth-order valence-corrected chi connectivity index (χ4v) is 5.46. The van der Waals surface area contributed by atoms with Crippen molar-refractivity contribution in [3.63, 3.8) is 0 Å². The molecule has 5 atom stereocenters. The maximum atomic E-state index is 12.3. The number of aliphatic carboxylic acids is 1. The van der Waals surface area contributed by atoms with E-state index in [2.05, 4.69) is 0 Å². The lowest BCUT2D eigenvalue weighted by molar-refractivity contribution is -0.163. The van der Waals surface area contributed by atoms with Gasteiger partial charge in [-0.2, -0.15) is 0 Å². The predicted octanol–water partition coefficient (Wildman–Crippen LogP) is 0.494. The van der Waals surface area contributed by atoms with Crippen LogP contribution in [0.1, 0.15) is 27.2 Å². The molecule has 3 aliphatic rings. The van der Waals surface area contributed by atoms with E-state index in [4.69, 9.17) is 0 Å². The maximum absolute atomic E-state index is 12.3. The summed E-state index contributed by atoms with van der Waals surface area (Å²) in [6, 6.07) is -0.281. The molecule has 24 heavy (non-hydrogen) atoms. The second-order valence-electron chi connectivity index (χ2n) is 6.77. The van der Waals surface area contributed by atoms with Gasteiger partial charge in [-0.05, 0) is 13.3 Å². The van der Waals surface area contributed by atoms with Gasteiger partial charge in [-0.1, -0.05) is 6.92 Å². The molecule has 2 N–H and O–H groups in total. The average molecular weight is 354 g/mol. The monoisotopic (exact) mass is 354 g/mol. The zero-order valence-electron chi connectivity index (χ0n) is 13.9. The number of amides is 2. The Morgan fingerprint density at radius 1 is 1.38 bits per heavy atom. The van der Waals surface area contributed by atoms with Crippen molar-refractivity contribution in [1.29, 1.82) is 0 Å². The number of β-lactam (4-membered cyclic amide) rings is 1. The van der Waals surface area contributed by atoms with Crippen molar-refractivity contribution >= 4 is 29.5 Å². The Kier molecular flexibility index (Phi) is 4.37. The standard InChI is InChI=1S/C16H22N2O5S/c1-7-12-11(8(2)19)15(21)18(12)13(16(22)23)14(7)24-10-4-5-17(6-10)9(3)20/h7-8,10-12,19H,4-6H2,1-3H3,(H,22,23)/t7?,8?,10?,11?,12-/m1/s1. The maximum Gasteiger partial charge on any atom is 0.353 e. The Morgan fingerprint density at radius 3 is 2.54 bits per heavy atom. The third-order valence-corrected chi connectivity index (χ3v) is 6.73. The topological polar surface area (TPSA) is 98.2 Å². The Labute approximate surface area is 144 Å². The minimum absolute atomic E-state index is 0.0261. The summed E-state index contributed by atoms with van der Waals surface area (Å²) >= 11 is 1.47. The van der Waals surface area contributed by atoms with E-state index in [-0.39, 0.29) is 34.7 Å². The molecule has 2 saturated heterocycles. The van der Waals surface area contributed by atoms with E-state index in [0.29, 0.717) is 18.0 Å². The van der Waals surface area contributed by atoms with Gasteiger partial charge in [0.2, 0.25) is 11.8 Å². The molecule has 7 nitrogen and oxygen atoms in total. The summed E-state index contributed by atoms with van der Waals surface area (Å²) in [5.74, 6) is -2.05. The first kappa shape index (κ1) is 17.3. The number of nitrogens with zero attached hydrogens (tertiary/aromatic N) is 2. The van der Waals surface area contributed by atoms with E-state index in [0.717, 1.165) is 6.42 Å². The molecular formula is C16H22N2O5S. The Balaban J connectivity index is 1.83. The Bertz CT molecular complexity index is 632. The van der Waals surface area contributed by atoms with Crippen LogP contribution in [0.2, 0.25) is 0 Å². The number of fused-ring (bicyclic) bond motifs is 1.